The molecular weight excluding hydrogens is 472 g/mol. The van der Waals surface area contributed by atoms with Crippen LogP contribution in [0.5, 0.6) is 0 Å². The van der Waals surface area contributed by atoms with Gasteiger partial charge in [-0.3, -0.25) is 0 Å². The topological polar surface area (TPSA) is 52.0 Å². The zero-order valence-electron chi connectivity index (χ0n) is 24.0. The quantitative estimate of drug-likeness (QED) is 0.129. The van der Waals surface area contributed by atoms with Gasteiger partial charge < -0.3 is 11.5 Å². The molecule has 0 spiro atoms. The van der Waals surface area contributed by atoms with E-state index in [4.69, 9.17) is 11.5 Å². The Labute approximate surface area is 236 Å². The van der Waals surface area contributed by atoms with Crippen LogP contribution in [0, 0.1) is 13.8 Å². The van der Waals surface area contributed by atoms with E-state index >= 15 is 0 Å². The van der Waals surface area contributed by atoms with Gasteiger partial charge in [-0.2, -0.15) is 0 Å². The van der Waals surface area contributed by atoms with Gasteiger partial charge in [0.2, 0.25) is 0 Å². The molecule has 39 heavy (non-hydrogen) atoms. The molecule has 0 aromatic heterocycles. The van der Waals surface area contributed by atoms with Crippen molar-refractivity contribution in [3.8, 4) is 0 Å². The monoisotopic (exact) mass is 518 g/mol. The summed E-state index contributed by atoms with van der Waals surface area (Å²) in [4.78, 5) is 0. The molecule has 0 atom stereocenters. The molecular formula is C37H46N2. The van der Waals surface area contributed by atoms with Crippen LogP contribution in [-0.2, 0) is 25.7 Å². The lowest BCUT2D eigenvalue weighted by Gasteiger charge is -2.08. The van der Waals surface area contributed by atoms with Crippen molar-refractivity contribution < 1.29 is 0 Å². The second-order valence-corrected chi connectivity index (χ2v) is 11.3. The highest BCUT2D eigenvalue weighted by molar-refractivity contribution is 5.49. The highest BCUT2D eigenvalue weighted by atomic mass is 14.6. The van der Waals surface area contributed by atoms with Gasteiger partial charge in [-0.1, -0.05) is 105 Å². The molecule has 0 amide bonds. The predicted octanol–water partition coefficient (Wildman–Crippen LogP) is 9.17. The number of anilines is 2. The van der Waals surface area contributed by atoms with Gasteiger partial charge in [-0.25, -0.2) is 0 Å². The molecule has 4 rings (SSSR count). The SMILES string of the molecule is Cc1cc(Cc2ccc(CCCCCCCCCc3ccc(Cc4ccc(N)c(C)c4)cc3)cc2)ccc1N. The largest absolute Gasteiger partial charge is 0.399 e. The van der Waals surface area contributed by atoms with Gasteiger partial charge in [0.05, 0.1) is 0 Å². The molecule has 204 valence electrons. The molecule has 0 saturated heterocycles. The first-order valence-electron chi connectivity index (χ1n) is 14.8. The molecule has 4 N–H and O–H groups in total. The van der Waals surface area contributed by atoms with Crippen molar-refractivity contribution in [2.45, 2.75) is 84.5 Å². The first-order valence-corrected chi connectivity index (χ1v) is 14.8. The predicted molar refractivity (Wildman–Crippen MR) is 169 cm³/mol. The van der Waals surface area contributed by atoms with Crippen LogP contribution in [-0.4, -0.2) is 0 Å². The maximum atomic E-state index is 5.95. The maximum Gasteiger partial charge on any atom is 0.0343 e. The van der Waals surface area contributed by atoms with E-state index in [1.807, 2.05) is 12.1 Å². The number of nitrogen functional groups attached to an aromatic ring is 2. The minimum Gasteiger partial charge on any atom is -0.399 e. The van der Waals surface area contributed by atoms with E-state index < -0.39 is 0 Å². The molecule has 2 nitrogen and oxygen atoms in total. The molecule has 0 saturated carbocycles. The van der Waals surface area contributed by atoms with Gasteiger partial charge >= 0.3 is 0 Å². The van der Waals surface area contributed by atoms with E-state index in [0.29, 0.717) is 0 Å². The lowest BCUT2D eigenvalue weighted by Crippen LogP contribution is -1.94. The molecule has 2 heteroatoms. The summed E-state index contributed by atoms with van der Waals surface area (Å²) in [6.07, 6.45) is 13.6. The molecule has 4 aromatic carbocycles. The van der Waals surface area contributed by atoms with Crippen LogP contribution >= 0.6 is 0 Å². The average Bonchev–Trinajstić information content (AvgIpc) is 2.94. The molecule has 0 aliphatic carbocycles. The van der Waals surface area contributed by atoms with Gasteiger partial charge in [-0.05, 0) is 109 Å². The number of hydrogen-bond acceptors (Lipinski definition) is 2. The number of unbranched alkanes of at least 4 members (excludes halogenated alkanes) is 6. The van der Waals surface area contributed by atoms with E-state index in [1.54, 1.807) is 0 Å². The summed E-state index contributed by atoms with van der Waals surface area (Å²) in [5.74, 6) is 0. The number of benzene rings is 4. The normalized spacial score (nSPS) is 11.1. The fourth-order valence-corrected chi connectivity index (χ4v) is 5.36. The standard InChI is InChI=1S/C37H46N2/c1-28-24-34(20-22-36(28)38)26-32-16-12-30(13-17-32)10-8-6-4-3-5-7-9-11-31-14-18-33(19-15-31)27-35-21-23-37(39)29(2)25-35/h12-25H,3-11,26-27,38-39H2,1-2H3. The minimum atomic E-state index is 0.872. The number of hydrogen-bond donors (Lipinski definition) is 2. The van der Waals surface area contributed by atoms with Crippen LogP contribution in [0.1, 0.15) is 89.5 Å². The summed E-state index contributed by atoms with van der Waals surface area (Å²) in [7, 11) is 0. The van der Waals surface area contributed by atoms with Crippen LogP contribution < -0.4 is 11.5 Å². The third-order valence-electron chi connectivity index (χ3n) is 7.96. The zero-order chi connectivity index (χ0) is 27.5. The van der Waals surface area contributed by atoms with Crippen LogP contribution in [0.2, 0.25) is 0 Å². The average molecular weight is 519 g/mol. The molecule has 0 unspecified atom stereocenters. The lowest BCUT2D eigenvalue weighted by molar-refractivity contribution is 0.579. The van der Waals surface area contributed by atoms with Gasteiger partial charge in [0.25, 0.3) is 0 Å². The summed E-state index contributed by atoms with van der Waals surface area (Å²) < 4.78 is 0. The summed E-state index contributed by atoms with van der Waals surface area (Å²) in [5.41, 5.74) is 24.3. The minimum absolute atomic E-state index is 0.872. The molecule has 0 bridgehead atoms. The highest BCUT2D eigenvalue weighted by Gasteiger charge is 2.02. The lowest BCUT2D eigenvalue weighted by atomic mass is 9.99. The Kier molecular flexibility index (Phi) is 10.7. The van der Waals surface area contributed by atoms with Crippen molar-refractivity contribution in [2.75, 3.05) is 11.5 Å². The van der Waals surface area contributed by atoms with Crippen molar-refractivity contribution in [3.63, 3.8) is 0 Å². The number of rotatable bonds is 14. The van der Waals surface area contributed by atoms with Gasteiger partial charge in [0.15, 0.2) is 0 Å². The molecule has 0 fully saturated rings. The third-order valence-corrected chi connectivity index (χ3v) is 7.96. The molecule has 4 aromatic rings. The van der Waals surface area contributed by atoms with E-state index in [1.165, 1.54) is 91.2 Å². The maximum absolute atomic E-state index is 5.95. The van der Waals surface area contributed by atoms with Crippen molar-refractivity contribution in [1.82, 2.24) is 0 Å². The highest BCUT2D eigenvalue weighted by Crippen LogP contribution is 2.19. The molecule has 0 aliphatic heterocycles. The number of aryl methyl sites for hydroxylation is 4. The Hall–Kier alpha value is -3.52. The Balaban J connectivity index is 1.04. The van der Waals surface area contributed by atoms with E-state index in [-0.39, 0.29) is 0 Å². The van der Waals surface area contributed by atoms with Gasteiger partial charge in [-0.15, -0.1) is 0 Å². The summed E-state index contributed by atoms with van der Waals surface area (Å²) in [6, 6.07) is 31.1. The molecule has 0 heterocycles. The first-order chi connectivity index (χ1) is 19.0. The Morgan fingerprint density at radius 1 is 0.385 bits per heavy atom. The van der Waals surface area contributed by atoms with E-state index in [2.05, 4.69) is 86.6 Å². The van der Waals surface area contributed by atoms with E-state index in [9.17, 15) is 0 Å². The first kappa shape index (κ1) is 28.5. The second kappa shape index (κ2) is 14.6. The van der Waals surface area contributed by atoms with Gasteiger partial charge in [0.1, 0.15) is 0 Å². The number of nitrogens with two attached hydrogens (primary N) is 2. The van der Waals surface area contributed by atoms with Crippen molar-refractivity contribution >= 4 is 11.4 Å². The van der Waals surface area contributed by atoms with Crippen LogP contribution in [0.3, 0.4) is 0 Å². The van der Waals surface area contributed by atoms with Crippen molar-refractivity contribution in [2.24, 2.45) is 0 Å². The fourth-order valence-electron chi connectivity index (χ4n) is 5.36. The Bertz CT molecular complexity index is 1200. The zero-order valence-corrected chi connectivity index (χ0v) is 24.0. The van der Waals surface area contributed by atoms with Crippen LogP contribution in [0.25, 0.3) is 0 Å². The smallest absolute Gasteiger partial charge is 0.0343 e. The summed E-state index contributed by atoms with van der Waals surface area (Å²) in [6.45, 7) is 4.15. The Morgan fingerprint density at radius 2 is 0.692 bits per heavy atom. The van der Waals surface area contributed by atoms with Crippen molar-refractivity contribution in [3.05, 3.63) is 129 Å². The summed E-state index contributed by atoms with van der Waals surface area (Å²) >= 11 is 0. The second-order valence-electron chi connectivity index (χ2n) is 11.3. The fraction of sp³-hybridized carbons (Fsp3) is 0.351. The van der Waals surface area contributed by atoms with Gasteiger partial charge in [0, 0.05) is 11.4 Å². The molecule has 0 radical (unpaired) electrons. The molecule has 0 aliphatic rings. The van der Waals surface area contributed by atoms with Crippen LogP contribution in [0.4, 0.5) is 11.4 Å². The summed E-state index contributed by atoms with van der Waals surface area (Å²) in [5, 5.41) is 0. The Morgan fingerprint density at radius 3 is 1.05 bits per heavy atom. The third kappa shape index (κ3) is 9.32. The van der Waals surface area contributed by atoms with E-state index in [0.717, 1.165) is 35.3 Å². The van der Waals surface area contributed by atoms with Crippen LogP contribution in [0.15, 0.2) is 84.9 Å². The van der Waals surface area contributed by atoms with Crippen molar-refractivity contribution in [1.29, 1.82) is 0 Å².